The molecule has 3 nitrogen and oxygen atoms in total. The zero-order chi connectivity index (χ0) is 9.14. The summed E-state index contributed by atoms with van der Waals surface area (Å²) >= 11 is 5.64. The van der Waals surface area contributed by atoms with Crippen LogP contribution in [0.4, 0.5) is 5.69 Å². The smallest absolute Gasteiger partial charge is 0.423 e. The Balaban J connectivity index is 3.12. The summed E-state index contributed by atoms with van der Waals surface area (Å²) in [6.07, 6.45) is 0. The van der Waals surface area contributed by atoms with E-state index in [1.54, 1.807) is 0 Å². The van der Waals surface area contributed by atoms with E-state index in [1.807, 2.05) is 0 Å². The molecule has 0 heterocycles. The number of hydrogen-bond acceptors (Lipinski definition) is 2. The fourth-order valence-corrected chi connectivity index (χ4v) is 1.01. The zero-order valence-corrected chi connectivity index (χ0v) is 6.78. The van der Waals surface area contributed by atoms with Crippen LogP contribution in [0.3, 0.4) is 0 Å². The molecule has 1 aromatic rings. The summed E-state index contributed by atoms with van der Waals surface area (Å²) in [5.41, 5.74) is 0.591. The van der Waals surface area contributed by atoms with Crippen LogP contribution < -0.4 is 5.46 Å². The molecule has 0 saturated carbocycles. The van der Waals surface area contributed by atoms with Gasteiger partial charge in [0.2, 0.25) is 5.69 Å². The van der Waals surface area contributed by atoms with Crippen LogP contribution in [0.25, 0.3) is 4.85 Å². The predicted molar refractivity (Wildman–Crippen MR) is 47.5 cm³/mol. The van der Waals surface area contributed by atoms with Crippen LogP contribution in [0.5, 0.6) is 0 Å². The second-order valence-electron chi connectivity index (χ2n) is 2.20. The van der Waals surface area contributed by atoms with Crippen molar-refractivity contribution in [3.05, 3.63) is 34.6 Å². The fraction of sp³-hybridized carbons (Fsp3) is 0. The fourth-order valence-electron chi connectivity index (χ4n) is 0.774. The lowest BCUT2D eigenvalue weighted by Gasteiger charge is -2.00. The van der Waals surface area contributed by atoms with Crippen molar-refractivity contribution >= 4 is 29.9 Å². The molecule has 1 rings (SSSR count). The second kappa shape index (κ2) is 3.59. The Morgan fingerprint density at radius 1 is 1.42 bits per heavy atom. The van der Waals surface area contributed by atoms with E-state index in [1.165, 1.54) is 18.2 Å². The Labute approximate surface area is 75.2 Å². The number of rotatable bonds is 1. The Kier molecular flexibility index (Phi) is 2.72. The van der Waals surface area contributed by atoms with Crippen LogP contribution in [0.2, 0.25) is 5.02 Å². The molecule has 0 fully saturated rings. The van der Waals surface area contributed by atoms with Gasteiger partial charge in [-0.1, -0.05) is 29.8 Å². The van der Waals surface area contributed by atoms with E-state index in [0.717, 1.165) is 0 Å². The van der Waals surface area contributed by atoms with Crippen LogP contribution in [0.1, 0.15) is 0 Å². The van der Waals surface area contributed by atoms with E-state index >= 15 is 0 Å². The quantitative estimate of drug-likeness (QED) is 0.491. The van der Waals surface area contributed by atoms with Gasteiger partial charge in [0.15, 0.2) is 0 Å². The van der Waals surface area contributed by atoms with Crippen LogP contribution in [-0.2, 0) is 0 Å². The highest BCUT2D eigenvalue weighted by atomic mass is 35.5. The Morgan fingerprint density at radius 3 is 2.50 bits per heavy atom. The van der Waals surface area contributed by atoms with Crippen LogP contribution >= 0.6 is 11.6 Å². The van der Waals surface area contributed by atoms with Crippen molar-refractivity contribution in [2.75, 3.05) is 0 Å². The molecular formula is C7H5BClNO2. The topological polar surface area (TPSA) is 44.8 Å². The Morgan fingerprint density at radius 2 is 2.08 bits per heavy atom. The minimum absolute atomic E-state index is 0.232. The van der Waals surface area contributed by atoms with Gasteiger partial charge in [-0.05, 0) is 5.46 Å². The normalized spacial score (nSPS) is 9.17. The molecule has 12 heavy (non-hydrogen) atoms. The molecule has 5 heteroatoms. The molecule has 60 valence electrons. The summed E-state index contributed by atoms with van der Waals surface area (Å²) in [7, 11) is -1.54. The van der Waals surface area contributed by atoms with Crippen molar-refractivity contribution in [1.82, 2.24) is 0 Å². The average Bonchev–Trinajstić information content (AvgIpc) is 2.04. The van der Waals surface area contributed by atoms with Crippen LogP contribution in [0.15, 0.2) is 18.2 Å². The summed E-state index contributed by atoms with van der Waals surface area (Å²) in [5.74, 6) is 0. The van der Waals surface area contributed by atoms with Gasteiger partial charge < -0.3 is 10.0 Å². The molecule has 0 spiro atoms. The van der Waals surface area contributed by atoms with Gasteiger partial charge in [-0.25, -0.2) is 4.85 Å². The molecule has 0 amide bonds. The second-order valence-corrected chi connectivity index (χ2v) is 2.60. The minimum Gasteiger partial charge on any atom is -0.423 e. The molecule has 0 aliphatic carbocycles. The number of benzene rings is 1. The van der Waals surface area contributed by atoms with Crippen molar-refractivity contribution in [3.63, 3.8) is 0 Å². The molecule has 1 aromatic carbocycles. The van der Waals surface area contributed by atoms with Gasteiger partial charge in [-0.3, -0.25) is 0 Å². The third-order valence-corrected chi connectivity index (χ3v) is 1.69. The molecule has 0 saturated heterocycles. The Bertz CT molecular complexity index is 335. The lowest BCUT2D eigenvalue weighted by molar-refractivity contribution is 0.426. The summed E-state index contributed by atoms with van der Waals surface area (Å²) in [5, 5.41) is 17.7. The number of hydrogen-bond donors (Lipinski definition) is 2. The standard InChI is InChI=1S/C7H5BClNO2/c1-10-7-3-2-5(8(11)12)4-6(7)9/h2-4,11-12H. The SMILES string of the molecule is [C-]#[N+]c1ccc(B(O)O)cc1Cl. The Hall–Kier alpha value is -1.02. The molecule has 2 N–H and O–H groups in total. The minimum atomic E-state index is -1.54. The first-order chi connectivity index (χ1) is 5.65. The van der Waals surface area contributed by atoms with E-state index in [-0.39, 0.29) is 10.5 Å². The maximum absolute atomic E-state index is 8.73. The molecular weight excluding hydrogens is 176 g/mol. The van der Waals surface area contributed by atoms with Gasteiger partial charge in [-0.15, -0.1) is 0 Å². The van der Waals surface area contributed by atoms with Gasteiger partial charge in [-0.2, -0.15) is 0 Å². The first-order valence-corrected chi connectivity index (χ1v) is 3.56. The summed E-state index contributed by atoms with van der Waals surface area (Å²) < 4.78 is 0. The summed E-state index contributed by atoms with van der Waals surface area (Å²) in [6.45, 7) is 6.68. The molecule has 0 unspecified atom stereocenters. The molecule has 0 bridgehead atoms. The van der Waals surface area contributed by atoms with E-state index in [9.17, 15) is 0 Å². The van der Waals surface area contributed by atoms with Crippen LogP contribution in [-0.4, -0.2) is 17.2 Å². The monoisotopic (exact) mass is 181 g/mol. The van der Waals surface area contributed by atoms with Gasteiger partial charge in [0.1, 0.15) is 0 Å². The van der Waals surface area contributed by atoms with E-state index in [0.29, 0.717) is 5.69 Å². The predicted octanol–water partition coefficient (Wildman–Crippen LogP) is 0.571. The van der Waals surface area contributed by atoms with Crippen molar-refractivity contribution < 1.29 is 10.0 Å². The zero-order valence-electron chi connectivity index (χ0n) is 6.03. The van der Waals surface area contributed by atoms with Gasteiger partial charge >= 0.3 is 7.12 Å². The maximum atomic E-state index is 8.73. The van der Waals surface area contributed by atoms with Crippen molar-refractivity contribution in [1.29, 1.82) is 0 Å². The lowest BCUT2D eigenvalue weighted by atomic mass is 9.80. The maximum Gasteiger partial charge on any atom is 0.488 e. The van der Waals surface area contributed by atoms with E-state index < -0.39 is 7.12 Å². The number of halogens is 1. The first kappa shape index (κ1) is 9.08. The molecule has 0 atom stereocenters. The van der Waals surface area contributed by atoms with Crippen LogP contribution in [0, 0.1) is 6.57 Å². The molecule has 0 aliphatic heterocycles. The largest absolute Gasteiger partial charge is 0.488 e. The van der Waals surface area contributed by atoms with Crippen molar-refractivity contribution in [2.45, 2.75) is 0 Å². The van der Waals surface area contributed by atoms with Gasteiger partial charge in [0.25, 0.3) is 0 Å². The average molecular weight is 181 g/mol. The summed E-state index contributed by atoms with van der Waals surface area (Å²) in [6, 6.07) is 4.26. The highest BCUT2D eigenvalue weighted by molar-refractivity contribution is 6.59. The third kappa shape index (κ3) is 1.77. The van der Waals surface area contributed by atoms with E-state index in [4.69, 9.17) is 28.2 Å². The van der Waals surface area contributed by atoms with Crippen molar-refractivity contribution in [2.24, 2.45) is 0 Å². The first-order valence-electron chi connectivity index (χ1n) is 3.18. The lowest BCUT2D eigenvalue weighted by Crippen LogP contribution is -2.29. The highest BCUT2D eigenvalue weighted by Gasteiger charge is 2.11. The molecule has 0 radical (unpaired) electrons. The third-order valence-electron chi connectivity index (χ3n) is 1.39. The van der Waals surface area contributed by atoms with Crippen molar-refractivity contribution in [3.8, 4) is 0 Å². The number of nitrogens with zero attached hydrogens (tertiary/aromatic N) is 1. The van der Waals surface area contributed by atoms with Gasteiger partial charge in [0.05, 0.1) is 6.57 Å². The molecule has 0 aliphatic rings. The molecule has 0 aromatic heterocycles. The van der Waals surface area contributed by atoms with Gasteiger partial charge in [0, 0.05) is 5.02 Å². The summed E-state index contributed by atoms with van der Waals surface area (Å²) in [4.78, 5) is 3.13. The van der Waals surface area contributed by atoms with E-state index in [2.05, 4.69) is 4.85 Å². The highest BCUT2D eigenvalue weighted by Crippen LogP contribution is 2.22.